The summed E-state index contributed by atoms with van der Waals surface area (Å²) in [5, 5.41) is 11.2. The lowest BCUT2D eigenvalue weighted by atomic mass is 9.95. The van der Waals surface area contributed by atoms with Crippen LogP contribution in [0.3, 0.4) is 0 Å². The molecule has 5 atom stereocenters. The first kappa shape index (κ1) is 32.7. The van der Waals surface area contributed by atoms with Crippen LogP contribution in [0, 0.1) is 5.92 Å². The molecule has 7 nitrogen and oxygen atoms in total. The number of aliphatic hydroxyl groups is 1. The highest BCUT2D eigenvalue weighted by atomic mass is 28.3. The first-order chi connectivity index (χ1) is 21.2. The number of hydrogen-bond acceptors (Lipinski definition) is 5. The monoisotopic (exact) mass is 620 g/mol. The fraction of sp³-hybridized carbons (Fsp3) is 0.611. The third kappa shape index (κ3) is 7.24. The number of carbonyl (C=O) groups is 2. The molecule has 0 bridgehead atoms. The molecule has 2 amide bonds. The minimum Gasteiger partial charge on any atom is -0.497 e. The average molecular weight is 621 g/mol. The molecule has 5 rings (SSSR count). The summed E-state index contributed by atoms with van der Waals surface area (Å²) in [6, 6.07) is 17.0. The Morgan fingerprint density at radius 1 is 0.977 bits per heavy atom. The van der Waals surface area contributed by atoms with Gasteiger partial charge in [-0.2, -0.15) is 0 Å². The van der Waals surface area contributed by atoms with Gasteiger partial charge in [0.2, 0.25) is 11.8 Å². The quantitative estimate of drug-likeness (QED) is 0.346. The molecule has 3 aliphatic rings. The maximum absolute atomic E-state index is 13.6. The Bertz CT molecular complexity index is 1250. The van der Waals surface area contributed by atoms with Gasteiger partial charge in [-0.15, -0.1) is 0 Å². The zero-order chi connectivity index (χ0) is 31.3. The molecular formula is C36H52N2O5Si. The van der Waals surface area contributed by atoms with E-state index >= 15 is 0 Å². The van der Waals surface area contributed by atoms with Crippen LogP contribution in [0.4, 0.5) is 5.69 Å². The summed E-state index contributed by atoms with van der Waals surface area (Å²) in [7, 11) is -0.377. The Morgan fingerprint density at radius 3 is 2.41 bits per heavy atom. The number of carbonyl (C=O) groups excluding carboxylic acids is 2. The van der Waals surface area contributed by atoms with Crippen molar-refractivity contribution in [1.29, 1.82) is 0 Å². The lowest BCUT2D eigenvalue weighted by Crippen LogP contribution is -2.51. The summed E-state index contributed by atoms with van der Waals surface area (Å²) in [5.74, 6) is 1.50. The first-order valence-corrected chi connectivity index (χ1v) is 19.9. The van der Waals surface area contributed by atoms with Gasteiger partial charge < -0.3 is 24.4 Å². The number of aryl methyl sites for hydroxylation is 1. The highest BCUT2D eigenvalue weighted by Crippen LogP contribution is 2.46. The van der Waals surface area contributed by atoms with Gasteiger partial charge in [-0.1, -0.05) is 62.3 Å². The molecule has 0 aromatic heterocycles. The first-order valence-electron chi connectivity index (χ1n) is 16.8. The molecule has 3 saturated heterocycles. The molecule has 3 fully saturated rings. The molecule has 0 radical (unpaired) electrons. The van der Waals surface area contributed by atoms with E-state index in [-0.39, 0.29) is 42.2 Å². The van der Waals surface area contributed by atoms with Gasteiger partial charge in [0.15, 0.2) is 0 Å². The number of hydrogen-bond donors (Lipinski definition) is 1. The molecule has 3 aliphatic heterocycles. The summed E-state index contributed by atoms with van der Waals surface area (Å²) >= 11 is 0. The topological polar surface area (TPSA) is 79.3 Å². The number of anilines is 1. The zero-order valence-electron chi connectivity index (χ0n) is 27.2. The van der Waals surface area contributed by atoms with E-state index in [1.54, 1.807) is 7.11 Å². The number of rotatable bonds is 10. The van der Waals surface area contributed by atoms with Crippen molar-refractivity contribution in [3.05, 3.63) is 54.1 Å². The van der Waals surface area contributed by atoms with E-state index in [0.29, 0.717) is 18.8 Å². The van der Waals surface area contributed by atoms with E-state index in [2.05, 4.69) is 56.4 Å². The van der Waals surface area contributed by atoms with Gasteiger partial charge in [-0.3, -0.25) is 9.59 Å². The van der Waals surface area contributed by atoms with Crippen molar-refractivity contribution in [2.45, 2.75) is 108 Å². The molecule has 0 unspecified atom stereocenters. The third-order valence-electron chi connectivity index (χ3n) is 10.6. The molecule has 0 saturated carbocycles. The van der Waals surface area contributed by atoms with E-state index in [1.807, 2.05) is 21.9 Å². The average Bonchev–Trinajstić information content (AvgIpc) is 3.63. The minimum atomic E-state index is -2.07. The summed E-state index contributed by atoms with van der Waals surface area (Å²) in [5.41, 5.74) is 2.52. The van der Waals surface area contributed by atoms with Gasteiger partial charge >= 0.3 is 0 Å². The van der Waals surface area contributed by atoms with Crippen molar-refractivity contribution in [3.63, 3.8) is 0 Å². The second-order valence-electron chi connectivity index (χ2n) is 13.7. The van der Waals surface area contributed by atoms with Crippen molar-refractivity contribution in [3.8, 4) is 5.75 Å². The Morgan fingerprint density at radius 2 is 1.70 bits per heavy atom. The zero-order valence-corrected chi connectivity index (χ0v) is 28.2. The largest absolute Gasteiger partial charge is 0.497 e. The molecule has 0 aliphatic carbocycles. The maximum Gasteiger partial charge on any atom is 0.226 e. The van der Waals surface area contributed by atoms with Crippen molar-refractivity contribution in [2.75, 3.05) is 31.7 Å². The van der Waals surface area contributed by atoms with Crippen LogP contribution >= 0.6 is 0 Å². The Hall–Kier alpha value is -2.68. The summed E-state index contributed by atoms with van der Waals surface area (Å²) in [6.45, 7) is 8.70. The number of aliphatic hydroxyl groups excluding tert-OH is 1. The Balaban J connectivity index is 1.30. The van der Waals surface area contributed by atoms with Crippen LogP contribution < -0.4 is 14.8 Å². The second-order valence-corrected chi connectivity index (χ2v) is 18.4. The standard InChI is InChI=1S/C36H52N2O5Si/c1-26-32(21-14-27-12-15-28(16-13-27)37-22-8-6-5-7-11-34(37)40)43-33(24-35(41)38-23-9-10-29(38)25-39)36(26)44(3,4)31-19-17-30(42-2)18-20-31/h12-13,15-20,26,29,32-33,36,39H,5-11,14,21-25H2,1-4H3/t26-,29+,32+,33-,36+/m1/s1. The lowest BCUT2D eigenvalue weighted by molar-refractivity contribution is -0.135. The van der Waals surface area contributed by atoms with Crippen molar-refractivity contribution in [2.24, 2.45) is 5.92 Å². The van der Waals surface area contributed by atoms with Gasteiger partial charge in [-0.25, -0.2) is 0 Å². The van der Waals surface area contributed by atoms with Crippen LogP contribution in [-0.2, 0) is 20.7 Å². The molecule has 3 heterocycles. The van der Waals surface area contributed by atoms with Gasteiger partial charge in [0.1, 0.15) is 5.75 Å². The third-order valence-corrected chi connectivity index (χ3v) is 15.0. The van der Waals surface area contributed by atoms with Crippen LogP contribution in [0.15, 0.2) is 48.5 Å². The number of nitrogens with zero attached hydrogens (tertiary/aromatic N) is 2. The molecular weight excluding hydrogens is 568 g/mol. The van der Waals surface area contributed by atoms with Gasteiger partial charge in [-0.05, 0) is 79.8 Å². The highest BCUT2D eigenvalue weighted by molar-refractivity contribution is 6.91. The summed E-state index contributed by atoms with van der Waals surface area (Å²) in [4.78, 5) is 30.2. The van der Waals surface area contributed by atoms with E-state index in [0.717, 1.165) is 69.5 Å². The molecule has 2 aromatic carbocycles. The molecule has 44 heavy (non-hydrogen) atoms. The van der Waals surface area contributed by atoms with E-state index < -0.39 is 8.07 Å². The molecule has 1 N–H and O–H groups in total. The Labute approximate surface area is 264 Å². The molecule has 240 valence electrons. The fourth-order valence-corrected chi connectivity index (χ4v) is 12.1. The molecule has 2 aromatic rings. The normalized spacial score (nSPS) is 26.5. The molecule has 8 heteroatoms. The van der Waals surface area contributed by atoms with Gasteiger partial charge in [0.05, 0.1) is 46.5 Å². The van der Waals surface area contributed by atoms with E-state index in [9.17, 15) is 14.7 Å². The smallest absolute Gasteiger partial charge is 0.226 e. The number of ether oxygens (including phenoxy) is 2. The number of amides is 2. The Kier molecular flexibility index (Phi) is 10.9. The van der Waals surface area contributed by atoms with Crippen molar-refractivity contribution >= 4 is 30.8 Å². The SMILES string of the molecule is COc1ccc([Si](C)(C)[C@H]2[C@H](C)[C@H](CCc3ccc(N4CCCCCCC4=O)cc3)O[C@@H]2CC(=O)N2CCC[C@H]2CO)cc1. The predicted molar refractivity (Wildman–Crippen MR) is 178 cm³/mol. The maximum atomic E-state index is 13.6. The minimum absolute atomic E-state index is 0.0243. The van der Waals surface area contributed by atoms with Crippen LogP contribution in [-0.4, -0.2) is 75.0 Å². The van der Waals surface area contributed by atoms with Gasteiger partial charge in [0.25, 0.3) is 0 Å². The predicted octanol–water partition coefficient (Wildman–Crippen LogP) is 5.69. The summed E-state index contributed by atoms with van der Waals surface area (Å²) < 4.78 is 12.3. The fourth-order valence-electron chi connectivity index (χ4n) is 8.07. The number of benzene rings is 2. The summed E-state index contributed by atoms with van der Waals surface area (Å²) in [6.07, 6.45) is 8.89. The van der Waals surface area contributed by atoms with E-state index in [1.165, 1.54) is 17.2 Å². The van der Waals surface area contributed by atoms with Crippen LogP contribution in [0.25, 0.3) is 0 Å². The van der Waals surface area contributed by atoms with Gasteiger partial charge in [0, 0.05) is 25.2 Å². The second kappa shape index (κ2) is 14.6. The lowest BCUT2D eigenvalue weighted by Gasteiger charge is -2.36. The number of methoxy groups -OCH3 is 1. The van der Waals surface area contributed by atoms with Crippen molar-refractivity contribution in [1.82, 2.24) is 4.90 Å². The van der Waals surface area contributed by atoms with Crippen LogP contribution in [0.1, 0.15) is 70.3 Å². The van der Waals surface area contributed by atoms with Crippen LogP contribution in [0.2, 0.25) is 18.6 Å². The van der Waals surface area contributed by atoms with Crippen LogP contribution in [0.5, 0.6) is 5.75 Å². The molecule has 0 spiro atoms. The van der Waals surface area contributed by atoms with E-state index in [4.69, 9.17) is 9.47 Å². The van der Waals surface area contributed by atoms with Crippen molar-refractivity contribution < 1.29 is 24.2 Å². The highest BCUT2D eigenvalue weighted by Gasteiger charge is 2.51. The number of likely N-dealkylation sites (tertiary alicyclic amines) is 1.